The van der Waals surface area contributed by atoms with E-state index in [1.54, 1.807) is 0 Å². The van der Waals surface area contributed by atoms with Crippen LogP contribution in [0.4, 0.5) is 0 Å². The van der Waals surface area contributed by atoms with Gasteiger partial charge in [0.25, 0.3) is 0 Å². The predicted octanol–water partition coefficient (Wildman–Crippen LogP) is 3.65. The minimum Gasteiger partial charge on any atom is -0.317 e. The molecule has 0 saturated carbocycles. The van der Waals surface area contributed by atoms with E-state index in [0.717, 1.165) is 22.3 Å². The van der Waals surface area contributed by atoms with E-state index in [2.05, 4.69) is 39.4 Å². The molecule has 0 radical (unpaired) electrons. The zero-order valence-electron chi connectivity index (χ0n) is 10.2. The van der Waals surface area contributed by atoms with E-state index in [4.69, 9.17) is 4.98 Å². The van der Waals surface area contributed by atoms with Crippen molar-refractivity contribution in [2.24, 2.45) is 0 Å². The van der Waals surface area contributed by atoms with Crippen molar-refractivity contribution < 1.29 is 0 Å². The molecule has 3 rings (SSSR count). The van der Waals surface area contributed by atoms with Crippen LogP contribution in [0.2, 0.25) is 0 Å². The van der Waals surface area contributed by atoms with Crippen molar-refractivity contribution in [3.05, 3.63) is 39.3 Å². The number of hydrogen-bond donors (Lipinski definition) is 1. The van der Waals surface area contributed by atoms with Crippen molar-refractivity contribution in [2.45, 2.75) is 25.3 Å². The van der Waals surface area contributed by atoms with E-state index in [-0.39, 0.29) is 0 Å². The minimum atomic E-state index is 0.616. The van der Waals surface area contributed by atoms with Gasteiger partial charge in [-0.25, -0.2) is 4.98 Å². The Bertz CT molecular complexity index is 565. The molecule has 1 aliphatic carbocycles. The molecule has 1 aromatic heterocycles. The molecule has 1 atom stereocenters. The summed E-state index contributed by atoms with van der Waals surface area (Å²) in [7, 11) is 2.05. The van der Waals surface area contributed by atoms with E-state index < -0.39 is 0 Å². The maximum atomic E-state index is 4.81. The molecule has 1 aliphatic rings. The van der Waals surface area contributed by atoms with Crippen molar-refractivity contribution in [3.63, 3.8) is 0 Å². The largest absolute Gasteiger partial charge is 0.317 e. The van der Waals surface area contributed by atoms with Gasteiger partial charge in [-0.05, 0) is 32.4 Å². The number of halogens is 1. The summed E-state index contributed by atoms with van der Waals surface area (Å²) in [5.74, 6) is 0. The van der Waals surface area contributed by atoms with Gasteiger partial charge < -0.3 is 5.32 Å². The predicted molar refractivity (Wildman–Crippen MR) is 80.1 cm³/mol. The summed E-state index contributed by atoms with van der Waals surface area (Å²) in [6, 6.07) is 8.93. The molecule has 1 heterocycles. The van der Waals surface area contributed by atoms with Gasteiger partial charge in [0.15, 0.2) is 0 Å². The molecule has 18 heavy (non-hydrogen) atoms. The van der Waals surface area contributed by atoms with Gasteiger partial charge in [0.1, 0.15) is 5.01 Å². The Morgan fingerprint density at radius 2 is 2.22 bits per heavy atom. The number of hydrogen-bond acceptors (Lipinski definition) is 3. The lowest BCUT2D eigenvalue weighted by molar-refractivity contribution is 0.497. The van der Waals surface area contributed by atoms with Crippen LogP contribution in [-0.4, -0.2) is 18.1 Å². The molecule has 1 aromatic carbocycles. The number of fused-ring (bicyclic) bond motifs is 1. The number of aryl methyl sites for hydroxylation is 1. The Labute approximate surface area is 120 Å². The summed E-state index contributed by atoms with van der Waals surface area (Å²) in [6.45, 7) is 0. The Morgan fingerprint density at radius 1 is 1.39 bits per heavy atom. The Balaban J connectivity index is 1.97. The maximum absolute atomic E-state index is 4.81. The molecule has 1 unspecified atom stereocenters. The highest BCUT2D eigenvalue weighted by atomic mass is 79.9. The van der Waals surface area contributed by atoms with Crippen LogP contribution in [0.3, 0.4) is 0 Å². The van der Waals surface area contributed by atoms with Crippen LogP contribution in [0.1, 0.15) is 17.0 Å². The summed E-state index contributed by atoms with van der Waals surface area (Å²) in [4.78, 5) is 6.26. The molecule has 0 bridgehead atoms. The van der Waals surface area contributed by atoms with Crippen LogP contribution >= 0.6 is 27.3 Å². The molecule has 2 aromatic rings. The monoisotopic (exact) mass is 322 g/mol. The van der Waals surface area contributed by atoms with Gasteiger partial charge in [-0.1, -0.05) is 34.1 Å². The van der Waals surface area contributed by atoms with E-state index in [1.807, 2.05) is 24.5 Å². The Morgan fingerprint density at radius 3 is 3.00 bits per heavy atom. The summed E-state index contributed by atoms with van der Waals surface area (Å²) >= 11 is 5.45. The first-order valence-electron chi connectivity index (χ1n) is 6.18. The Hall–Kier alpha value is -0.710. The lowest BCUT2D eigenvalue weighted by Crippen LogP contribution is -2.30. The topological polar surface area (TPSA) is 24.9 Å². The first-order chi connectivity index (χ1) is 8.78. The van der Waals surface area contributed by atoms with Gasteiger partial charge in [0.05, 0.1) is 5.69 Å². The van der Waals surface area contributed by atoms with Gasteiger partial charge in [0, 0.05) is 21.0 Å². The fraction of sp³-hybridized carbons (Fsp3) is 0.357. The normalized spacial score (nSPS) is 18.7. The fourth-order valence-corrected chi connectivity index (χ4v) is 4.20. The fourth-order valence-electron chi connectivity index (χ4n) is 2.37. The maximum Gasteiger partial charge on any atom is 0.125 e. The number of nitrogens with zero attached hydrogens (tertiary/aromatic N) is 1. The third kappa shape index (κ3) is 2.25. The van der Waals surface area contributed by atoms with Crippen LogP contribution in [0.5, 0.6) is 0 Å². The number of aromatic nitrogens is 1. The first kappa shape index (κ1) is 12.3. The SMILES string of the molecule is CNC1CCc2nc(-c3ccccc3Br)sc2C1. The first-order valence-corrected chi connectivity index (χ1v) is 7.79. The highest BCUT2D eigenvalue weighted by Crippen LogP contribution is 2.35. The molecular weight excluding hydrogens is 308 g/mol. The number of thiazole rings is 1. The van der Waals surface area contributed by atoms with Crippen LogP contribution < -0.4 is 5.32 Å². The summed E-state index contributed by atoms with van der Waals surface area (Å²) < 4.78 is 1.13. The molecule has 0 amide bonds. The molecule has 94 valence electrons. The number of likely N-dealkylation sites (N-methyl/N-ethyl adjacent to an activating group) is 1. The van der Waals surface area contributed by atoms with Crippen molar-refractivity contribution >= 4 is 27.3 Å². The zero-order valence-corrected chi connectivity index (χ0v) is 12.6. The van der Waals surface area contributed by atoms with Gasteiger partial charge in [-0.2, -0.15) is 0 Å². The number of rotatable bonds is 2. The number of benzene rings is 1. The van der Waals surface area contributed by atoms with E-state index >= 15 is 0 Å². The molecule has 0 aliphatic heterocycles. The highest BCUT2D eigenvalue weighted by Gasteiger charge is 2.22. The lowest BCUT2D eigenvalue weighted by atomic mass is 9.98. The average molecular weight is 323 g/mol. The van der Waals surface area contributed by atoms with Crippen molar-refractivity contribution in [1.29, 1.82) is 0 Å². The quantitative estimate of drug-likeness (QED) is 0.912. The second-order valence-corrected chi connectivity index (χ2v) is 6.54. The van der Waals surface area contributed by atoms with Crippen molar-refractivity contribution in [3.8, 4) is 10.6 Å². The summed E-state index contributed by atoms with van der Waals surface area (Å²) in [6.07, 6.45) is 3.42. The van der Waals surface area contributed by atoms with Gasteiger partial charge in [-0.15, -0.1) is 11.3 Å². The van der Waals surface area contributed by atoms with Crippen LogP contribution in [-0.2, 0) is 12.8 Å². The van der Waals surface area contributed by atoms with Gasteiger partial charge in [-0.3, -0.25) is 0 Å². The van der Waals surface area contributed by atoms with Crippen molar-refractivity contribution in [1.82, 2.24) is 10.3 Å². The van der Waals surface area contributed by atoms with E-state index in [9.17, 15) is 0 Å². The van der Waals surface area contributed by atoms with E-state index in [1.165, 1.54) is 22.6 Å². The van der Waals surface area contributed by atoms with Crippen LogP contribution in [0.15, 0.2) is 28.7 Å². The minimum absolute atomic E-state index is 0.616. The van der Waals surface area contributed by atoms with E-state index in [0.29, 0.717) is 6.04 Å². The average Bonchev–Trinajstić information content (AvgIpc) is 2.81. The van der Waals surface area contributed by atoms with Crippen LogP contribution in [0, 0.1) is 0 Å². The highest BCUT2D eigenvalue weighted by molar-refractivity contribution is 9.10. The molecule has 0 spiro atoms. The molecule has 2 nitrogen and oxygen atoms in total. The smallest absolute Gasteiger partial charge is 0.125 e. The Kier molecular flexibility index (Phi) is 3.50. The summed E-state index contributed by atoms with van der Waals surface area (Å²) in [5, 5.41) is 4.52. The molecule has 4 heteroatoms. The molecule has 1 N–H and O–H groups in total. The third-order valence-electron chi connectivity index (χ3n) is 3.45. The van der Waals surface area contributed by atoms with Gasteiger partial charge in [0.2, 0.25) is 0 Å². The summed E-state index contributed by atoms with van der Waals surface area (Å²) in [5.41, 5.74) is 2.51. The van der Waals surface area contributed by atoms with Gasteiger partial charge >= 0.3 is 0 Å². The lowest BCUT2D eigenvalue weighted by Gasteiger charge is -2.19. The van der Waals surface area contributed by atoms with Crippen molar-refractivity contribution in [2.75, 3.05) is 7.05 Å². The molecular formula is C14H15BrN2S. The second-order valence-electron chi connectivity index (χ2n) is 4.60. The van der Waals surface area contributed by atoms with Crippen LogP contribution in [0.25, 0.3) is 10.6 Å². The third-order valence-corrected chi connectivity index (χ3v) is 5.30. The number of nitrogens with one attached hydrogen (secondary N) is 1. The molecule has 0 saturated heterocycles. The molecule has 0 fully saturated rings. The second kappa shape index (κ2) is 5.11. The zero-order chi connectivity index (χ0) is 12.5. The standard InChI is InChI=1S/C14H15BrN2S/c1-16-9-6-7-12-13(8-9)18-14(17-12)10-4-2-3-5-11(10)15/h2-5,9,16H,6-8H2,1H3.